The second-order valence-corrected chi connectivity index (χ2v) is 9.11. The van der Waals surface area contributed by atoms with E-state index in [1.54, 1.807) is 11.8 Å². The predicted octanol–water partition coefficient (Wildman–Crippen LogP) is 3.36. The summed E-state index contributed by atoms with van der Waals surface area (Å²) in [6.07, 6.45) is 4.12. The van der Waals surface area contributed by atoms with Crippen molar-refractivity contribution in [3.63, 3.8) is 0 Å². The highest BCUT2D eigenvalue weighted by Gasteiger charge is 2.27. The van der Waals surface area contributed by atoms with Crippen molar-refractivity contribution in [1.82, 2.24) is 24.6 Å². The maximum absolute atomic E-state index is 12.6. The zero-order valence-corrected chi connectivity index (χ0v) is 19.1. The highest BCUT2D eigenvalue weighted by Crippen LogP contribution is 2.30. The summed E-state index contributed by atoms with van der Waals surface area (Å²) in [6, 6.07) is 5.79. The molecule has 4 rings (SSSR count). The molecule has 1 aromatic carbocycles. The van der Waals surface area contributed by atoms with Gasteiger partial charge in [-0.2, -0.15) is 0 Å². The summed E-state index contributed by atoms with van der Waals surface area (Å²) in [4.78, 5) is 19.4. The third-order valence-corrected chi connectivity index (χ3v) is 6.86. The Morgan fingerprint density at radius 3 is 3.03 bits per heavy atom. The van der Waals surface area contributed by atoms with E-state index >= 15 is 0 Å². The number of fused-ring (bicyclic) bond motifs is 1. The monoisotopic (exact) mass is 446 g/mol. The molecule has 1 N–H and O–H groups in total. The standard InChI is InChI=1S/C20H26N6O2S2/c1-4-28-14-7-8-15-16(10-14)30-19(21-15)22-17(27)12-26-9-5-6-13(11-26)18-23-24-20(29-3)25(18)2/h7-8,10,13H,4-6,9,11-12H2,1-3H3,(H,21,22,27)/t13-/m0/s1. The lowest BCUT2D eigenvalue weighted by Crippen LogP contribution is -2.40. The lowest BCUT2D eigenvalue weighted by molar-refractivity contribution is -0.117. The van der Waals surface area contributed by atoms with Gasteiger partial charge in [0, 0.05) is 19.5 Å². The number of likely N-dealkylation sites (tertiary alicyclic amines) is 1. The van der Waals surface area contributed by atoms with Crippen LogP contribution in [-0.2, 0) is 11.8 Å². The number of piperidine rings is 1. The maximum atomic E-state index is 12.6. The van der Waals surface area contributed by atoms with E-state index in [4.69, 9.17) is 4.74 Å². The third-order valence-electron chi connectivity index (χ3n) is 5.21. The summed E-state index contributed by atoms with van der Waals surface area (Å²) in [5.41, 5.74) is 0.865. The number of hydrogen-bond acceptors (Lipinski definition) is 8. The highest BCUT2D eigenvalue weighted by atomic mass is 32.2. The average Bonchev–Trinajstić information content (AvgIpc) is 3.30. The van der Waals surface area contributed by atoms with E-state index in [2.05, 4.69) is 30.0 Å². The molecule has 3 heterocycles. The SMILES string of the molecule is CCOc1ccc2nc(NC(=O)CN3CCC[C@H](c4nnc(SC)n4C)C3)sc2c1. The number of aromatic nitrogens is 4. The number of anilines is 1. The molecule has 1 aliphatic heterocycles. The van der Waals surface area contributed by atoms with Crippen LogP contribution in [0.3, 0.4) is 0 Å². The molecule has 30 heavy (non-hydrogen) atoms. The fourth-order valence-corrected chi connectivity index (χ4v) is 5.25. The molecule has 1 saturated heterocycles. The number of ether oxygens (including phenoxy) is 1. The molecule has 0 spiro atoms. The van der Waals surface area contributed by atoms with Crippen LogP contribution in [0.4, 0.5) is 5.13 Å². The number of rotatable bonds is 7. The molecule has 1 amide bonds. The number of thiazole rings is 1. The zero-order valence-electron chi connectivity index (χ0n) is 17.4. The molecule has 160 valence electrons. The number of carbonyl (C=O) groups is 1. The Morgan fingerprint density at radius 1 is 1.40 bits per heavy atom. The van der Waals surface area contributed by atoms with E-state index in [0.717, 1.165) is 52.9 Å². The van der Waals surface area contributed by atoms with E-state index < -0.39 is 0 Å². The molecule has 10 heteroatoms. The number of nitrogens with one attached hydrogen (secondary N) is 1. The van der Waals surface area contributed by atoms with Crippen molar-refractivity contribution in [3.05, 3.63) is 24.0 Å². The van der Waals surface area contributed by atoms with Gasteiger partial charge in [-0.1, -0.05) is 23.1 Å². The highest BCUT2D eigenvalue weighted by molar-refractivity contribution is 7.98. The summed E-state index contributed by atoms with van der Waals surface area (Å²) in [5, 5.41) is 13.1. The number of benzene rings is 1. The Bertz CT molecular complexity index is 1030. The van der Waals surface area contributed by atoms with E-state index in [1.165, 1.54) is 11.3 Å². The van der Waals surface area contributed by atoms with E-state index in [-0.39, 0.29) is 5.91 Å². The molecule has 0 unspecified atom stereocenters. The van der Waals surface area contributed by atoms with Crippen molar-refractivity contribution < 1.29 is 9.53 Å². The van der Waals surface area contributed by atoms with Crippen LogP contribution in [0.25, 0.3) is 10.2 Å². The Kier molecular flexibility index (Phi) is 6.55. The molecule has 0 bridgehead atoms. The summed E-state index contributed by atoms with van der Waals surface area (Å²) in [7, 11) is 2.01. The van der Waals surface area contributed by atoms with E-state index in [1.807, 2.05) is 38.4 Å². The second kappa shape index (κ2) is 9.32. The largest absolute Gasteiger partial charge is 0.494 e. The molecule has 0 aliphatic carbocycles. The average molecular weight is 447 g/mol. The molecule has 0 saturated carbocycles. The van der Waals surface area contributed by atoms with Gasteiger partial charge in [-0.05, 0) is 50.8 Å². The molecule has 1 aliphatic rings. The summed E-state index contributed by atoms with van der Waals surface area (Å²) < 4.78 is 8.61. The molecule has 8 nitrogen and oxygen atoms in total. The van der Waals surface area contributed by atoms with Gasteiger partial charge in [0.1, 0.15) is 11.6 Å². The quantitative estimate of drug-likeness (QED) is 0.557. The van der Waals surface area contributed by atoms with Gasteiger partial charge in [0.15, 0.2) is 10.3 Å². The van der Waals surface area contributed by atoms with E-state index in [9.17, 15) is 4.79 Å². The first-order valence-corrected chi connectivity index (χ1v) is 12.1. The van der Waals surface area contributed by atoms with Gasteiger partial charge in [0.05, 0.1) is 23.4 Å². The van der Waals surface area contributed by atoms with Crippen molar-refractivity contribution in [1.29, 1.82) is 0 Å². The first-order valence-electron chi connectivity index (χ1n) is 10.1. The molecular weight excluding hydrogens is 420 g/mol. The fourth-order valence-electron chi connectivity index (χ4n) is 3.85. The molecule has 1 fully saturated rings. The van der Waals surface area contributed by atoms with Crippen molar-refractivity contribution in [2.24, 2.45) is 7.05 Å². The Balaban J connectivity index is 1.37. The number of carbonyl (C=O) groups excluding carboxylic acids is 1. The van der Waals surface area contributed by atoms with Crippen molar-refractivity contribution >= 4 is 44.4 Å². The lowest BCUT2D eigenvalue weighted by Gasteiger charge is -2.31. The lowest BCUT2D eigenvalue weighted by atomic mass is 9.97. The molecule has 0 radical (unpaired) electrons. The van der Waals surface area contributed by atoms with Crippen LogP contribution in [0.5, 0.6) is 5.75 Å². The van der Waals surface area contributed by atoms with E-state index in [0.29, 0.717) is 24.2 Å². The third kappa shape index (κ3) is 4.60. The number of amides is 1. The van der Waals surface area contributed by atoms with Gasteiger partial charge in [-0.25, -0.2) is 4.98 Å². The Hall–Kier alpha value is -2.17. The molecule has 2 aromatic heterocycles. The normalized spacial score (nSPS) is 17.4. The first-order chi connectivity index (χ1) is 14.6. The molecular formula is C20H26N6O2S2. The first kappa shape index (κ1) is 21.1. The minimum Gasteiger partial charge on any atom is -0.494 e. The predicted molar refractivity (Wildman–Crippen MR) is 121 cm³/mol. The van der Waals surface area contributed by atoms with Crippen LogP contribution in [0.15, 0.2) is 23.4 Å². The van der Waals surface area contributed by atoms with Crippen LogP contribution in [0, 0.1) is 0 Å². The van der Waals surface area contributed by atoms with Gasteiger partial charge >= 0.3 is 0 Å². The maximum Gasteiger partial charge on any atom is 0.240 e. The fraction of sp³-hybridized carbons (Fsp3) is 0.500. The number of nitrogens with zero attached hydrogens (tertiary/aromatic N) is 5. The molecule has 1 atom stereocenters. The van der Waals surface area contributed by atoms with Crippen molar-refractivity contribution in [2.45, 2.75) is 30.8 Å². The van der Waals surface area contributed by atoms with Gasteiger partial charge in [-0.3, -0.25) is 9.69 Å². The van der Waals surface area contributed by atoms with Crippen LogP contribution >= 0.6 is 23.1 Å². The summed E-state index contributed by atoms with van der Waals surface area (Å²) in [6.45, 7) is 4.65. The minimum atomic E-state index is -0.0393. The van der Waals surface area contributed by atoms with Gasteiger partial charge in [-0.15, -0.1) is 10.2 Å². The van der Waals surface area contributed by atoms with Gasteiger partial charge in [0.2, 0.25) is 5.91 Å². The van der Waals surface area contributed by atoms with Gasteiger partial charge in [0.25, 0.3) is 0 Å². The van der Waals surface area contributed by atoms with Crippen LogP contribution in [-0.4, -0.2) is 63.1 Å². The Labute approximate surface area is 184 Å². The summed E-state index contributed by atoms with van der Waals surface area (Å²) in [5.74, 6) is 2.08. The smallest absolute Gasteiger partial charge is 0.240 e. The molecule has 3 aromatic rings. The Morgan fingerprint density at radius 2 is 2.27 bits per heavy atom. The zero-order chi connectivity index (χ0) is 21.1. The minimum absolute atomic E-state index is 0.0393. The van der Waals surface area contributed by atoms with Crippen LogP contribution in [0.1, 0.15) is 31.5 Å². The van der Waals surface area contributed by atoms with Gasteiger partial charge < -0.3 is 14.6 Å². The van der Waals surface area contributed by atoms with Crippen LogP contribution < -0.4 is 10.1 Å². The van der Waals surface area contributed by atoms with Crippen molar-refractivity contribution in [2.75, 3.05) is 37.8 Å². The summed E-state index contributed by atoms with van der Waals surface area (Å²) >= 11 is 3.06. The van der Waals surface area contributed by atoms with Crippen molar-refractivity contribution in [3.8, 4) is 5.75 Å². The van der Waals surface area contributed by atoms with Crippen LogP contribution in [0.2, 0.25) is 0 Å². The topological polar surface area (TPSA) is 85.2 Å². The second-order valence-electron chi connectivity index (χ2n) is 7.31. The number of hydrogen-bond donors (Lipinski definition) is 1. The number of thioether (sulfide) groups is 1.